The minimum absolute atomic E-state index is 0.505. The second-order valence-corrected chi connectivity index (χ2v) is 1.94. The van der Waals surface area contributed by atoms with E-state index in [4.69, 9.17) is 4.42 Å². The fourth-order valence-electron chi connectivity index (χ4n) is 0.852. The predicted octanol–water partition coefficient (Wildman–Crippen LogP) is -0.857. The van der Waals surface area contributed by atoms with E-state index in [1.54, 1.807) is 4.40 Å². The first kappa shape index (κ1) is 5.22. The third-order valence-corrected chi connectivity index (χ3v) is 1.30. The molecule has 2 rings (SSSR count). The van der Waals surface area contributed by atoms with E-state index in [9.17, 15) is 0 Å². The quantitative estimate of drug-likeness (QED) is 0.472. The molecule has 0 amide bonds. The Labute approximate surface area is 56.1 Å². The summed E-state index contributed by atoms with van der Waals surface area (Å²) in [4.78, 5) is 0. The molecular formula is C6H5N3O. The fourth-order valence-corrected chi connectivity index (χ4v) is 0.852. The summed E-state index contributed by atoms with van der Waals surface area (Å²) in [6, 6.07) is 0. The van der Waals surface area contributed by atoms with E-state index in [2.05, 4.69) is 23.4 Å². The SMILES string of the molecule is C=c1nnc2coc(=C)n12. The molecule has 4 heteroatoms. The van der Waals surface area contributed by atoms with Crippen LogP contribution in [0, 0.1) is 0 Å². The highest BCUT2D eigenvalue weighted by Gasteiger charge is 1.98. The summed E-state index contributed by atoms with van der Waals surface area (Å²) in [5.41, 5.74) is 1.70. The summed E-state index contributed by atoms with van der Waals surface area (Å²) in [7, 11) is 0. The molecule has 0 saturated carbocycles. The molecule has 2 aromatic rings. The molecule has 0 aromatic carbocycles. The van der Waals surface area contributed by atoms with Crippen LogP contribution in [0.2, 0.25) is 0 Å². The summed E-state index contributed by atoms with van der Waals surface area (Å²) in [5.74, 6) is 0. The van der Waals surface area contributed by atoms with Crippen LogP contribution in [0.1, 0.15) is 0 Å². The van der Waals surface area contributed by atoms with E-state index in [-0.39, 0.29) is 0 Å². The minimum atomic E-state index is 0.505. The Morgan fingerprint density at radius 2 is 2.20 bits per heavy atom. The molecule has 0 saturated heterocycles. The third kappa shape index (κ3) is 0.452. The van der Waals surface area contributed by atoms with Crippen LogP contribution in [-0.4, -0.2) is 14.6 Å². The summed E-state index contributed by atoms with van der Waals surface area (Å²) >= 11 is 0. The van der Waals surface area contributed by atoms with Crippen LogP contribution in [0.3, 0.4) is 0 Å². The van der Waals surface area contributed by atoms with Crippen LogP contribution >= 0.6 is 0 Å². The molecule has 0 aliphatic rings. The largest absolute Gasteiger partial charge is 0.445 e. The number of hydrogen-bond acceptors (Lipinski definition) is 3. The van der Waals surface area contributed by atoms with Gasteiger partial charge >= 0.3 is 0 Å². The van der Waals surface area contributed by atoms with Crippen molar-refractivity contribution in [1.29, 1.82) is 0 Å². The average molecular weight is 135 g/mol. The highest BCUT2D eigenvalue weighted by atomic mass is 16.3. The second-order valence-electron chi connectivity index (χ2n) is 1.94. The molecule has 0 N–H and O–H groups in total. The van der Waals surface area contributed by atoms with E-state index in [1.807, 2.05) is 0 Å². The third-order valence-electron chi connectivity index (χ3n) is 1.30. The maximum atomic E-state index is 4.95. The molecule has 0 atom stereocenters. The van der Waals surface area contributed by atoms with Crippen LogP contribution in [0.25, 0.3) is 18.8 Å². The minimum Gasteiger partial charge on any atom is -0.445 e. The van der Waals surface area contributed by atoms with Gasteiger partial charge in [0, 0.05) is 0 Å². The van der Waals surface area contributed by atoms with E-state index < -0.39 is 0 Å². The standard InChI is InChI=1S/C6H5N3O/c1-4-7-8-6-3-10-5(2)9(4)6/h3H,1-2H2. The number of aromatic nitrogens is 3. The molecule has 50 valence electrons. The maximum Gasteiger partial charge on any atom is 0.199 e. The first-order chi connectivity index (χ1) is 4.79. The first-order valence-corrected chi connectivity index (χ1v) is 2.75. The molecule has 0 spiro atoms. The monoisotopic (exact) mass is 135 g/mol. The Morgan fingerprint density at radius 1 is 1.40 bits per heavy atom. The lowest BCUT2D eigenvalue weighted by Crippen LogP contribution is -2.19. The topological polar surface area (TPSA) is 43.3 Å². The molecule has 0 aliphatic carbocycles. The smallest absolute Gasteiger partial charge is 0.199 e. The molecule has 10 heavy (non-hydrogen) atoms. The molecule has 2 heterocycles. The van der Waals surface area contributed by atoms with Crippen molar-refractivity contribution < 1.29 is 4.42 Å². The molecule has 2 aromatic heterocycles. The zero-order valence-electron chi connectivity index (χ0n) is 5.24. The molecule has 0 unspecified atom stereocenters. The summed E-state index contributed by atoms with van der Waals surface area (Å²) in [6.07, 6.45) is 1.49. The summed E-state index contributed by atoms with van der Waals surface area (Å²) < 4.78 is 6.58. The Kier molecular flexibility index (Phi) is 0.768. The Bertz CT molecular complexity index is 413. The van der Waals surface area contributed by atoms with Crippen molar-refractivity contribution in [3.63, 3.8) is 0 Å². The van der Waals surface area contributed by atoms with Gasteiger partial charge in [-0.25, -0.2) is 4.40 Å². The Balaban J connectivity index is 3.28. The number of nitrogens with zero attached hydrogens (tertiary/aromatic N) is 3. The molecular weight excluding hydrogens is 130 g/mol. The highest BCUT2D eigenvalue weighted by Crippen LogP contribution is 1.86. The van der Waals surface area contributed by atoms with Crippen molar-refractivity contribution in [2.24, 2.45) is 0 Å². The molecule has 0 bridgehead atoms. The van der Waals surface area contributed by atoms with E-state index >= 15 is 0 Å². The highest BCUT2D eigenvalue weighted by molar-refractivity contribution is 5.31. The second kappa shape index (κ2) is 1.47. The first-order valence-electron chi connectivity index (χ1n) is 2.75. The van der Waals surface area contributed by atoms with Crippen molar-refractivity contribution in [3.8, 4) is 0 Å². The van der Waals surface area contributed by atoms with Crippen molar-refractivity contribution in [3.05, 3.63) is 17.3 Å². The lowest BCUT2D eigenvalue weighted by Gasteiger charge is -1.74. The van der Waals surface area contributed by atoms with Crippen molar-refractivity contribution in [1.82, 2.24) is 14.6 Å². The van der Waals surface area contributed by atoms with Crippen LogP contribution in [0.15, 0.2) is 10.7 Å². The van der Waals surface area contributed by atoms with Crippen molar-refractivity contribution >= 4 is 18.8 Å². The predicted molar refractivity (Wildman–Crippen MR) is 35.5 cm³/mol. The van der Waals surface area contributed by atoms with Gasteiger partial charge in [-0.1, -0.05) is 6.58 Å². The van der Waals surface area contributed by atoms with Gasteiger partial charge in [0.1, 0.15) is 6.26 Å². The van der Waals surface area contributed by atoms with Crippen LogP contribution in [0.5, 0.6) is 0 Å². The maximum absolute atomic E-state index is 4.95. The number of oxazole rings is 1. The zero-order valence-corrected chi connectivity index (χ0v) is 5.24. The van der Waals surface area contributed by atoms with E-state index in [1.165, 1.54) is 6.26 Å². The summed E-state index contributed by atoms with van der Waals surface area (Å²) in [6.45, 7) is 7.25. The van der Waals surface area contributed by atoms with Gasteiger partial charge in [-0.15, -0.1) is 10.2 Å². The normalized spacial score (nSPS) is 10.8. The number of rotatable bonds is 0. The van der Waals surface area contributed by atoms with Crippen molar-refractivity contribution in [2.45, 2.75) is 0 Å². The molecule has 0 fully saturated rings. The van der Waals surface area contributed by atoms with Crippen LogP contribution < -0.4 is 11.0 Å². The average Bonchev–Trinajstić information content (AvgIpc) is 2.40. The summed E-state index contributed by atoms with van der Waals surface area (Å²) in [5, 5.41) is 7.47. The Hall–Kier alpha value is -1.58. The van der Waals surface area contributed by atoms with Gasteiger partial charge < -0.3 is 4.42 Å². The van der Waals surface area contributed by atoms with Crippen LogP contribution in [0.4, 0.5) is 0 Å². The van der Waals surface area contributed by atoms with Gasteiger partial charge in [0.2, 0.25) is 0 Å². The van der Waals surface area contributed by atoms with E-state index in [0.717, 1.165) is 0 Å². The van der Waals surface area contributed by atoms with Gasteiger partial charge in [-0.3, -0.25) is 0 Å². The number of hydrogen-bond donors (Lipinski definition) is 0. The van der Waals surface area contributed by atoms with Crippen LogP contribution in [-0.2, 0) is 0 Å². The lowest BCUT2D eigenvalue weighted by atomic mass is 10.8. The van der Waals surface area contributed by atoms with Crippen molar-refractivity contribution in [2.75, 3.05) is 0 Å². The number of fused-ring (bicyclic) bond motifs is 1. The van der Waals surface area contributed by atoms with Gasteiger partial charge in [0.05, 0.1) is 0 Å². The molecule has 4 nitrogen and oxygen atoms in total. The zero-order chi connectivity index (χ0) is 7.14. The van der Waals surface area contributed by atoms with Gasteiger partial charge in [-0.2, -0.15) is 0 Å². The Morgan fingerprint density at radius 3 is 2.90 bits per heavy atom. The lowest BCUT2D eigenvalue weighted by molar-refractivity contribution is 0.511. The molecule has 0 aliphatic heterocycles. The molecule has 0 radical (unpaired) electrons. The van der Waals surface area contributed by atoms with Gasteiger partial charge in [0.15, 0.2) is 16.7 Å². The van der Waals surface area contributed by atoms with Gasteiger partial charge in [-0.05, 0) is 6.58 Å². The van der Waals surface area contributed by atoms with Gasteiger partial charge in [0.25, 0.3) is 0 Å². The van der Waals surface area contributed by atoms with E-state index in [0.29, 0.717) is 16.7 Å². The fraction of sp³-hybridized carbons (Fsp3) is 0.